The molecule has 24 heavy (non-hydrogen) atoms. The fourth-order valence-corrected chi connectivity index (χ4v) is 4.76. The largest absolute Gasteiger partial charge is 0.363 e. The third-order valence-electron chi connectivity index (χ3n) is 3.79. The molecule has 0 atom stereocenters. The molecule has 6 heteroatoms. The standard InChI is InChI=1S/C18H27N2O3P/c1-6-22-24(21,23-7-2)18-14-17(20(15(18)3)19(4)5)13-16-11-9-8-10-12-16/h8-12,14H,6-7,13H2,1-5H3. The lowest BCUT2D eigenvalue weighted by Crippen LogP contribution is -2.29. The van der Waals surface area contributed by atoms with Crippen molar-refractivity contribution in [3.63, 3.8) is 0 Å². The number of hydrogen-bond acceptors (Lipinski definition) is 4. The lowest BCUT2D eigenvalue weighted by Gasteiger charge is -2.22. The molecule has 0 amide bonds. The second-order valence-electron chi connectivity index (χ2n) is 5.76. The van der Waals surface area contributed by atoms with Crippen molar-refractivity contribution in [2.75, 3.05) is 32.3 Å². The van der Waals surface area contributed by atoms with E-state index in [2.05, 4.69) is 16.8 Å². The van der Waals surface area contributed by atoms with Crippen molar-refractivity contribution in [1.82, 2.24) is 4.68 Å². The summed E-state index contributed by atoms with van der Waals surface area (Å²) < 4.78 is 26.3. The molecule has 5 nitrogen and oxygen atoms in total. The van der Waals surface area contributed by atoms with Gasteiger partial charge in [0.1, 0.15) is 0 Å². The van der Waals surface area contributed by atoms with Gasteiger partial charge >= 0.3 is 7.60 Å². The normalized spacial score (nSPS) is 11.7. The Labute approximate surface area is 144 Å². The van der Waals surface area contributed by atoms with Gasteiger partial charge in [-0.2, -0.15) is 0 Å². The smallest absolute Gasteiger partial charge is 0.319 e. The van der Waals surface area contributed by atoms with Crippen LogP contribution in [-0.4, -0.2) is 32.0 Å². The second-order valence-corrected chi connectivity index (χ2v) is 7.75. The SMILES string of the molecule is CCOP(=O)(OCC)c1cc(Cc2ccccc2)n(N(C)C)c1C. The zero-order valence-corrected chi connectivity index (χ0v) is 16.0. The van der Waals surface area contributed by atoms with E-state index in [0.29, 0.717) is 18.5 Å². The highest BCUT2D eigenvalue weighted by Gasteiger charge is 2.32. The molecule has 0 fully saturated rings. The van der Waals surface area contributed by atoms with Crippen LogP contribution in [0.2, 0.25) is 0 Å². The summed E-state index contributed by atoms with van der Waals surface area (Å²) in [7, 11) is 0.632. The highest BCUT2D eigenvalue weighted by atomic mass is 31.2. The molecule has 2 aromatic rings. The Hall–Kier alpha value is -1.55. The maximum atomic E-state index is 13.2. The van der Waals surface area contributed by atoms with E-state index in [9.17, 15) is 4.57 Å². The molecular weight excluding hydrogens is 323 g/mol. The average molecular weight is 350 g/mol. The molecule has 2 rings (SSSR count). The van der Waals surface area contributed by atoms with Gasteiger partial charge in [0.2, 0.25) is 0 Å². The average Bonchev–Trinajstić information content (AvgIpc) is 2.86. The summed E-state index contributed by atoms with van der Waals surface area (Å²) in [6.07, 6.45) is 0.748. The van der Waals surface area contributed by atoms with E-state index in [4.69, 9.17) is 9.05 Å². The molecule has 1 aromatic heterocycles. The zero-order chi connectivity index (χ0) is 17.7. The number of hydrogen-bond donors (Lipinski definition) is 0. The summed E-state index contributed by atoms with van der Waals surface area (Å²) in [5.41, 5.74) is 3.14. The molecule has 0 saturated carbocycles. The summed E-state index contributed by atoms with van der Waals surface area (Å²) >= 11 is 0. The zero-order valence-electron chi connectivity index (χ0n) is 15.2. The third kappa shape index (κ3) is 3.92. The Morgan fingerprint density at radius 1 is 1.08 bits per heavy atom. The lowest BCUT2D eigenvalue weighted by molar-refractivity contribution is 0.230. The molecule has 0 radical (unpaired) electrons. The van der Waals surface area contributed by atoms with E-state index in [1.165, 1.54) is 5.56 Å². The molecule has 0 aliphatic rings. The summed E-state index contributed by atoms with van der Waals surface area (Å²) in [4.78, 5) is 0. The number of benzene rings is 1. The third-order valence-corrected chi connectivity index (χ3v) is 6.02. The monoisotopic (exact) mass is 350 g/mol. The minimum atomic E-state index is -3.31. The molecule has 0 aliphatic carbocycles. The highest BCUT2D eigenvalue weighted by molar-refractivity contribution is 7.62. The van der Waals surface area contributed by atoms with Gasteiger partial charge in [0, 0.05) is 26.2 Å². The minimum Gasteiger partial charge on any atom is -0.319 e. The van der Waals surface area contributed by atoms with Crippen LogP contribution in [0.15, 0.2) is 36.4 Å². The highest BCUT2D eigenvalue weighted by Crippen LogP contribution is 2.48. The minimum absolute atomic E-state index is 0.345. The Bertz CT molecular complexity index is 701. The quantitative estimate of drug-likeness (QED) is 0.684. The van der Waals surface area contributed by atoms with Crippen molar-refractivity contribution in [2.45, 2.75) is 27.2 Å². The first-order valence-electron chi connectivity index (χ1n) is 8.25. The van der Waals surface area contributed by atoms with Gasteiger partial charge in [0.05, 0.1) is 24.2 Å². The Morgan fingerprint density at radius 2 is 1.67 bits per heavy atom. The summed E-state index contributed by atoms with van der Waals surface area (Å²) in [6.45, 7) is 6.30. The molecular formula is C18H27N2O3P. The maximum absolute atomic E-state index is 13.2. The van der Waals surface area contributed by atoms with E-state index < -0.39 is 7.60 Å². The van der Waals surface area contributed by atoms with Gasteiger partial charge < -0.3 is 14.1 Å². The molecule has 1 heterocycles. The van der Waals surface area contributed by atoms with Crippen LogP contribution in [0.5, 0.6) is 0 Å². The Balaban J connectivity index is 2.51. The Kier molecular flexibility index (Phi) is 6.27. The predicted molar refractivity (Wildman–Crippen MR) is 99.0 cm³/mol. The molecule has 132 valence electrons. The van der Waals surface area contributed by atoms with Crippen LogP contribution < -0.4 is 10.3 Å². The molecule has 0 unspecified atom stereocenters. The van der Waals surface area contributed by atoms with Gasteiger partial charge in [-0.3, -0.25) is 9.24 Å². The van der Waals surface area contributed by atoms with Gasteiger partial charge in [-0.05, 0) is 32.4 Å². The van der Waals surface area contributed by atoms with Crippen molar-refractivity contribution < 1.29 is 13.6 Å². The van der Waals surface area contributed by atoms with Crippen molar-refractivity contribution in [3.8, 4) is 0 Å². The van der Waals surface area contributed by atoms with Crippen molar-refractivity contribution in [3.05, 3.63) is 53.3 Å². The lowest BCUT2D eigenvalue weighted by atomic mass is 10.1. The van der Waals surface area contributed by atoms with Crippen LogP contribution in [0, 0.1) is 6.92 Å². The van der Waals surface area contributed by atoms with Gasteiger partial charge in [-0.25, -0.2) is 0 Å². The van der Waals surface area contributed by atoms with Crippen molar-refractivity contribution in [2.24, 2.45) is 0 Å². The van der Waals surface area contributed by atoms with Gasteiger partial charge in [0.15, 0.2) is 0 Å². The van der Waals surface area contributed by atoms with Crippen LogP contribution in [0.1, 0.15) is 30.8 Å². The Morgan fingerprint density at radius 3 is 2.17 bits per heavy atom. The molecule has 0 aliphatic heterocycles. The van der Waals surface area contributed by atoms with Crippen molar-refractivity contribution >= 4 is 12.9 Å². The molecule has 0 bridgehead atoms. The van der Waals surface area contributed by atoms with Gasteiger partial charge in [-0.1, -0.05) is 30.3 Å². The van der Waals surface area contributed by atoms with Gasteiger partial charge in [-0.15, -0.1) is 0 Å². The van der Waals surface area contributed by atoms with E-state index in [0.717, 1.165) is 17.8 Å². The van der Waals surface area contributed by atoms with Crippen LogP contribution in [-0.2, 0) is 20.0 Å². The first-order chi connectivity index (χ1) is 11.4. The molecule has 0 saturated heterocycles. The molecule has 0 spiro atoms. The topological polar surface area (TPSA) is 43.7 Å². The van der Waals surface area contributed by atoms with Crippen LogP contribution in [0.3, 0.4) is 0 Å². The van der Waals surface area contributed by atoms with Crippen LogP contribution in [0.4, 0.5) is 0 Å². The van der Waals surface area contributed by atoms with Crippen LogP contribution >= 0.6 is 7.60 Å². The predicted octanol–water partition coefficient (Wildman–Crippen LogP) is 3.48. The number of aromatic nitrogens is 1. The second kappa shape index (κ2) is 8.02. The summed E-state index contributed by atoms with van der Waals surface area (Å²) in [5.74, 6) is 0. The first kappa shape index (κ1) is 18.8. The fraction of sp³-hybridized carbons (Fsp3) is 0.444. The van der Waals surface area contributed by atoms with E-state index in [1.807, 2.05) is 64.1 Å². The van der Waals surface area contributed by atoms with E-state index >= 15 is 0 Å². The van der Waals surface area contributed by atoms with E-state index in [1.54, 1.807) is 0 Å². The number of nitrogens with zero attached hydrogens (tertiary/aromatic N) is 2. The van der Waals surface area contributed by atoms with Crippen molar-refractivity contribution in [1.29, 1.82) is 0 Å². The maximum Gasteiger partial charge on any atom is 0.363 e. The first-order valence-corrected chi connectivity index (χ1v) is 9.79. The van der Waals surface area contributed by atoms with E-state index in [-0.39, 0.29) is 0 Å². The fourth-order valence-electron chi connectivity index (χ4n) is 2.93. The summed E-state index contributed by atoms with van der Waals surface area (Å²) in [6, 6.07) is 12.2. The molecule has 1 aromatic carbocycles. The number of rotatable bonds is 8. The van der Waals surface area contributed by atoms with Gasteiger partial charge in [0.25, 0.3) is 0 Å². The summed E-state index contributed by atoms with van der Waals surface area (Å²) in [5, 5.41) is 2.63. The van der Waals surface area contributed by atoms with Crippen LogP contribution in [0.25, 0.3) is 0 Å². The molecule has 0 N–H and O–H groups in total.